The summed E-state index contributed by atoms with van der Waals surface area (Å²) in [6.45, 7) is 2.82. The summed E-state index contributed by atoms with van der Waals surface area (Å²) in [7, 11) is 0. The third-order valence-corrected chi connectivity index (χ3v) is 5.68. The van der Waals surface area contributed by atoms with Gasteiger partial charge < -0.3 is 14.8 Å². The number of benzene rings is 1. The highest BCUT2D eigenvalue weighted by Gasteiger charge is 2.22. The van der Waals surface area contributed by atoms with Gasteiger partial charge in [-0.05, 0) is 24.6 Å². The number of hydrogen-bond donors (Lipinski definition) is 2. The molecule has 1 atom stereocenters. The van der Waals surface area contributed by atoms with Crippen molar-refractivity contribution in [2.75, 3.05) is 18.5 Å². The number of fused-ring (bicyclic) bond motifs is 1. The fourth-order valence-corrected chi connectivity index (χ4v) is 4.14. The second kappa shape index (κ2) is 7.98. The van der Waals surface area contributed by atoms with Gasteiger partial charge in [-0.25, -0.2) is 14.4 Å². The van der Waals surface area contributed by atoms with Crippen molar-refractivity contribution in [1.29, 1.82) is 5.26 Å². The van der Waals surface area contributed by atoms with E-state index < -0.39 is 11.7 Å². The van der Waals surface area contributed by atoms with Gasteiger partial charge in [0.1, 0.15) is 34.6 Å². The number of nitrogens with zero attached hydrogens (tertiary/aromatic N) is 3. The van der Waals surface area contributed by atoms with E-state index in [1.165, 1.54) is 29.8 Å². The molecule has 0 aliphatic carbocycles. The molecule has 10 heteroatoms. The number of rotatable bonds is 5. The SMILES string of the molecule is Cc1c(C(=O)NC#N)sc2ncnc(Nc3ccc(F)cc3O[C@@H]3CCOC3)c12. The van der Waals surface area contributed by atoms with Gasteiger partial charge in [0, 0.05) is 12.5 Å². The number of thiophene rings is 1. The number of aryl methyl sites for hydroxylation is 1. The van der Waals surface area contributed by atoms with Gasteiger partial charge in [-0.15, -0.1) is 11.3 Å². The molecule has 2 N–H and O–H groups in total. The van der Waals surface area contributed by atoms with E-state index in [0.717, 1.165) is 6.42 Å². The van der Waals surface area contributed by atoms with Crippen molar-refractivity contribution in [3.05, 3.63) is 40.8 Å². The van der Waals surface area contributed by atoms with E-state index in [1.807, 2.05) is 0 Å². The van der Waals surface area contributed by atoms with Gasteiger partial charge in [-0.3, -0.25) is 10.1 Å². The van der Waals surface area contributed by atoms with Crippen LogP contribution >= 0.6 is 11.3 Å². The van der Waals surface area contributed by atoms with Gasteiger partial charge in [0.05, 0.1) is 29.2 Å². The smallest absolute Gasteiger partial charge is 0.274 e. The standard InChI is InChI=1S/C19H16FN5O3S/c1-10-15-17(23-9-24-19(15)29-16(10)18(26)22-8-21)25-13-3-2-11(20)6-14(13)28-12-4-5-27-7-12/h2-3,6,9,12H,4-5,7H2,1H3,(H,22,26)(H,23,24,25)/t12-/m1/s1. The molecule has 29 heavy (non-hydrogen) atoms. The van der Waals surface area contributed by atoms with Gasteiger partial charge in [-0.1, -0.05) is 0 Å². The Balaban J connectivity index is 1.71. The van der Waals surface area contributed by atoms with Gasteiger partial charge in [-0.2, -0.15) is 5.26 Å². The van der Waals surface area contributed by atoms with E-state index >= 15 is 0 Å². The van der Waals surface area contributed by atoms with E-state index in [4.69, 9.17) is 14.7 Å². The molecule has 2 aromatic heterocycles. The van der Waals surface area contributed by atoms with Gasteiger partial charge in [0.15, 0.2) is 6.19 Å². The third-order valence-electron chi connectivity index (χ3n) is 4.48. The molecule has 4 rings (SSSR count). The number of ether oxygens (including phenoxy) is 2. The molecule has 148 valence electrons. The lowest BCUT2D eigenvalue weighted by Crippen LogP contribution is -2.17. The van der Waals surface area contributed by atoms with Crippen LogP contribution in [0.25, 0.3) is 10.2 Å². The lowest BCUT2D eigenvalue weighted by atomic mass is 10.2. The summed E-state index contributed by atoms with van der Waals surface area (Å²) in [6.07, 6.45) is 3.59. The Morgan fingerprint density at radius 1 is 1.45 bits per heavy atom. The molecule has 1 aliphatic rings. The minimum Gasteiger partial charge on any atom is -0.486 e. The first kappa shape index (κ1) is 19.0. The van der Waals surface area contributed by atoms with Crippen LogP contribution in [0.4, 0.5) is 15.9 Å². The van der Waals surface area contributed by atoms with E-state index in [1.54, 1.807) is 19.2 Å². The number of nitrogens with one attached hydrogen (secondary N) is 2. The molecule has 1 aromatic carbocycles. The van der Waals surface area contributed by atoms with E-state index in [0.29, 0.717) is 51.1 Å². The molecule has 0 radical (unpaired) electrons. The van der Waals surface area contributed by atoms with Crippen molar-refractivity contribution in [2.45, 2.75) is 19.4 Å². The van der Waals surface area contributed by atoms with Crippen LogP contribution in [-0.4, -0.2) is 35.2 Å². The van der Waals surface area contributed by atoms with Crippen molar-refractivity contribution >= 4 is 39.0 Å². The molecule has 0 saturated carbocycles. The number of carbonyl (C=O) groups is 1. The predicted molar refractivity (Wildman–Crippen MR) is 105 cm³/mol. The molecule has 1 fully saturated rings. The monoisotopic (exact) mass is 413 g/mol. The van der Waals surface area contributed by atoms with Gasteiger partial charge >= 0.3 is 0 Å². The highest BCUT2D eigenvalue weighted by Crippen LogP contribution is 2.36. The Hall–Kier alpha value is -3.29. The molecule has 0 bridgehead atoms. The maximum atomic E-state index is 13.8. The molecule has 1 saturated heterocycles. The molecule has 8 nitrogen and oxygen atoms in total. The number of halogens is 1. The van der Waals surface area contributed by atoms with Crippen LogP contribution in [0.5, 0.6) is 5.75 Å². The Kier molecular flexibility index (Phi) is 5.24. The summed E-state index contributed by atoms with van der Waals surface area (Å²) in [6, 6.07) is 4.20. The number of anilines is 2. The zero-order valence-electron chi connectivity index (χ0n) is 15.4. The Bertz CT molecular complexity index is 1120. The number of nitriles is 1. The highest BCUT2D eigenvalue weighted by molar-refractivity contribution is 7.20. The fraction of sp³-hybridized carbons (Fsp3) is 0.263. The summed E-state index contributed by atoms with van der Waals surface area (Å²) >= 11 is 1.17. The quantitative estimate of drug-likeness (QED) is 0.488. The van der Waals surface area contributed by atoms with Gasteiger partial charge in [0.25, 0.3) is 5.91 Å². The Labute approximate surface area is 169 Å². The average molecular weight is 413 g/mol. The summed E-state index contributed by atoms with van der Waals surface area (Å²) in [5.74, 6) is -0.105. The number of hydrogen-bond acceptors (Lipinski definition) is 8. The number of carbonyl (C=O) groups excluding carboxylic acids is 1. The van der Waals surface area contributed by atoms with Crippen molar-refractivity contribution in [1.82, 2.24) is 15.3 Å². The summed E-state index contributed by atoms with van der Waals surface area (Å²) in [5.41, 5.74) is 1.18. The maximum absolute atomic E-state index is 13.8. The Morgan fingerprint density at radius 3 is 3.07 bits per heavy atom. The summed E-state index contributed by atoms with van der Waals surface area (Å²) in [5, 5.41) is 14.7. The highest BCUT2D eigenvalue weighted by atomic mass is 32.1. The van der Waals surface area contributed by atoms with Crippen LogP contribution in [0.1, 0.15) is 21.7 Å². The van der Waals surface area contributed by atoms with E-state index in [9.17, 15) is 9.18 Å². The topological polar surface area (TPSA) is 109 Å². The first-order chi connectivity index (χ1) is 14.1. The third kappa shape index (κ3) is 3.83. The van der Waals surface area contributed by atoms with Crippen molar-refractivity contribution < 1.29 is 18.7 Å². The minimum atomic E-state index is -0.494. The lowest BCUT2D eigenvalue weighted by Gasteiger charge is -2.17. The molecular weight excluding hydrogens is 397 g/mol. The zero-order chi connectivity index (χ0) is 20.4. The average Bonchev–Trinajstić information content (AvgIpc) is 3.32. The lowest BCUT2D eigenvalue weighted by molar-refractivity contribution is 0.0976. The Morgan fingerprint density at radius 2 is 2.31 bits per heavy atom. The summed E-state index contributed by atoms with van der Waals surface area (Å²) < 4.78 is 25.0. The van der Waals surface area contributed by atoms with E-state index in [2.05, 4.69) is 20.6 Å². The minimum absolute atomic E-state index is 0.146. The second-order valence-electron chi connectivity index (χ2n) is 6.39. The molecule has 0 spiro atoms. The first-order valence-electron chi connectivity index (χ1n) is 8.81. The molecule has 3 aromatic rings. The van der Waals surface area contributed by atoms with Crippen molar-refractivity contribution in [2.24, 2.45) is 0 Å². The van der Waals surface area contributed by atoms with Gasteiger partial charge in [0.2, 0.25) is 0 Å². The summed E-state index contributed by atoms with van der Waals surface area (Å²) in [4.78, 5) is 21.6. The largest absolute Gasteiger partial charge is 0.486 e. The molecule has 3 heterocycles. The fourth-order valence-electron chi connectivity index (χ4n) is 3.10. The van der Waals surface area contributed by atoms with Crippen LogP contribution < -0.4 is 15.4 Å². The van der Waals surface area contributed by atoms with Crippen LogP contribution in [0, 0.1) is 24.2 Å². The van der Waals surface area contributed by atoms with Crippen LogP contribution in [-0.2, 0) is 4.74 Å². The molecule has 1 aliphatic heterocycles. The number of amides is 1. The van der Waals surface area contributed by atoms with Crippen LogP contribution in [0.3, 0.4) is 0 Å². The normalized spacial score (nSPS) is 15.8. The van der Waals surface area contributed by atoms with Crippen LogP contribution in [0.2, 0.25) is 0 Å². The maximum Gasteiger partial charge on any atom is 0.274 e. The van der Waals surface area contributed by atoms with Crippen LogP contribution in [0.15, 0.2) is 24.5 Å². The number of aromatic nitrogens is 2. The van der Waals surface area contributed by atoms with Crippen molar-refractivity contribution in [3.63, 3.8) is 0 Å². The first-order valence-corrected chi connectivity index (χ1v) is 9.63. The molecular formula is C19H16FN5O3S. The second-order valence-corrected chi connectivity index (χ2v) is 7.39. The predicted octanol–water partition coefficient (Wildman–Crippen LogP) is 3.26. The van der Waals surface area contributed by atoms with E-state index in [-0.39, 0.29) is 6.10 Å². The van der Waals surface area contributed by atoms with Crippen molar-refractivity contribution in [3.8, 4) is 11.9 Å². The zero-order valence-corrected chi connectivity index (χ0v) is 16.2. The molecule has 0 unspecified atom stereocenters. The molecule has 1 amide bonds.